The lowest BCUT2D eigenvalue weighted by molar-refractivity contribution is 0.327. The van der Waals surface area contributed by atoms with Gasteiger partial charge in [0, 0.05) is 11.5 Å². The van der Waals surface area contributed by atoms with E-state index in [1.165, 1.54) is 5.56 Å². The number of rotatable bonds is 3. The minimum atomic E-state index is -0.0930. The second kappa shape index (κ2) is 5.37. The Morgan fingerprint density at radius 2 is 2.05 bits per heavy atom. The third kappa shape index (κ3) is 2.25. The van der Waals surface area contributed by atoms with Crippen molar-refractivity contribution in [3.8, 4) is 11.5 Å². The Bertz CT molecular complexity index is 624. The number of hydrogen-bond acceptors (Lipinski definition) is 2. The van der Waals surface area contributed by atoms with Crippen molar-refractivity contribution in [1.82, 2.24) is 0 Å². The molecule has 104 valence electrons. The van der Waals surface area contributed by atoms with Gasteiger partial charge in [0.15, 0.2) is 0 Å². The van der Waals surface area contributed by atoms with E-state index in [1.54, 1.807) is 7.11 Å². The van der Waals surface area contributed by atoms with E-state index < -0.39 is 0 Å². The molecular weight excluding hydrogens is 272 g/mol. The summed E-state index contributed by atoms with van der Waals surface area (Å²) in [5.74, 6) is 2.01. The van der Waals surface area contributed by atoms with Crippen LogP contribution in [0.15, 0.2) is 42.5 Å². The molecule has 2 atom stereocenters. The highest BCUT2D eigenvalue weighted by Gasteiger charge is 2.31. The number of halogens is 1. The van der Waals surface area contributed by atoms with Gasteiger partial charge < -0.3 is 9.47 Å². The summed E-state index contributed by atoms with van der Waals surface area (Å²) in [6, 6.07) is 14.1. The van der Waals surface area contributed by atoms with Gasteiger partial charge in [0.1, 0.15) is 11.5 Å². The molecule has 3 rings (SSSR count). The zero-order chi connectivity index (χ0) is 14.1. The zero-order valence-corrected chi connectivity index (χ0v) is 12.4. The summed E-state index contributed by atoms with van der Waals surface area (Å²) in [5.41, 5.74) is 3.48. The van der Waals surface area contributed by atoms with Crippen LogP contribution in [0, 0.1) is 6.92 Å². The van der Waals surface area contributed by atoms with Gasteiger partial charge in [-0.25, -0.2) is 0 Å². The van der Waals surface area contributed by atoms with Crippen molar-refractivity contribution in [1.29, 1.82) is 0 Å². The molecule has 0 saturated carbocycles. The fourth-order valence-corrected chi connectivity index (χ4v) is 3.18. The van der Waals surface area contributed by atoms with Gasteiger partial charge in [-0.1, -0.05) is 24.3 Å². The van der Waals surface area contributed by atoms with Crippen LogP contribution in [-0.4, -0.2) is 13.7 Å². The molecular formula is C17H17ClO2. The molecule has 2 unspecified atom stereocenters. The van der Waals surface area contributed by atoms with Crippen LogP contribution in [0.25, 0.3) is 0 Å². The normalized spacial score (nSPS) is 18.2. The van der Waals surface area contributed by atoms with E-state index in [4.69, 9.17) is 21.1 Å². The van der Waals surface area contributed by atoms with Crippen molar-refractivity contribution in [3.05, 3.63) is 59.2 Å². The van der Waals surface area contributed by atoms with Crippen LogP contribution in [0.4, 0.5) is 0 Å². The molecule has 0 saturated heterocycles. The van der Waals surface area contributed by atoms with Crippen LogP contribution in [0.2, 0.25) is 0 Å². The second-order valence-corrected chi connectivity index (χ2v) is 5.55. The van der Waals surface area contributed by atoms with Crippen molar-refractivity contribution in [3.63, 3.8) is 0 Å². The molecule has 1 heterocycles. The number of para-hydroxylation sites is 1. The van der Waals surface area contributed by atoms with E-state index in [9.17, 15) is 0 Å². The van der Waals surface area contributed by atoms with E-state index >= 15 is 0 Å². The first kappa shape index (κ1) is 13.3. The smallest absolute Gasteiger partial charge is 0.122 e. The summed E-state index contributed by atoms with van der Waals surface area (Å²) in [4.78, 5) is 0. The first-order chi connectivity index (χ1) is 9.70. The monoisotopic (exact) mass is 288 g/mol. The van der Waals surface area contributed by atoms with Gasteiger partial charge in [-0.2, -0.15) is 0 Å². The zero-order valence-electron chi connectivity index (χ0n) is 11.6. The summed E-state index contributed by atoms with van der Waals surface area (Å²) in [6.45, 7) is 2.70. The predicted octanol–water partition coefficient (Wildman–Crippen LogP) is 4.46. The molecule has 2 aromatic rings. The number of ether oxygens (including phenoxy) is 2. The van der Waals surface area contributed by atoms with Gasteiger partial charge in [0.2, 0.25) is 0 Å². The molecule has 1 aliphatic rings. The van der Waals surface area contributed by atoms with Crippen molar-refractivity contribution in [2.45, 2.75) is 18.2 Å². The van der Waals surface area contributed by atoms with E-state index in [0.717, 1.165) is 22.6 Å². The third-order valence-corrected chi connectivity index (χ3v) is 4.40. The number of fused-ring (bicyclic) bond motifs is 1. The lowest BCUT2D eigenvalue weighted by Crippen LogP contribution is -2.09. The fourth-order valence-electron chi connectivity index (χ4n) is 2.73. The number of hydrogen-bond donors (Lipinski definition) is 0. The standard InChI is InChI=1S/C17H17ClO2/c1-11-9-12(19-2)7-8-13(11)17(18)15-10-20-16-6-4-3-5-14(15)16/h3-9,15,17H,10H2,1-2H3. The minimum absolute atomic E-state index is 0.0930. The molecule has 0 spiro atoms. The number of methoxy groups -OCH3 is 1. The van der Waals surface area contributed by atoms with E-state index in [0.29, 0.717) is 6.61 Å². The highest BCUT2D eigenvalue weighted by atomic mass is 35.5. The quantitative estimate of drug-likeness (QED) is 0.776. The Morgan fingerprint density at radius 3 is 2.80 bits per heavy atom. The molecule has 3 heteroatoms. The Hall–Kier alpha value is -1.67. The van der Waals surface area contributed by atoms with Crippen molar-refractivity contribution in [2.75, 3.05) is 13.7 Å². The number of aryl methyl sites for hydroxylation is 1. The predicted molar refractivity (Wildman–Crippen MR) is 81.0 cm³/mol. The van der Waals surface area contributed by atoms with Crippen LogP contribution in [0.5, 0.6) is 11.5 Å². The first-order valence-corrected chi connectivity index (χ1v) is 7.14. The van der Waals surface area contributed by atoms with Crippen LogP contribution in [-0.2, 0) is 0 Å². The first-order valence-electron chi connectivity index (χ1n) is 6.71. The van der Waals surface area contributed by atoms with Gasteiger partial charge in [0.05, 0.1) is 19.1 Å². The average molecular weight is 289 g/mol. The third-order valence-electron chi connectivity index (χ3n) is 3.86. The van der Waals surface area contributed by atoms with Crippen LogP contribution in [0.1, 0.15) is 28.0 Å². The summed E-state index contributed by atoms with van der Waals surface area (Å²) in [5, 5.41) is -0.0930. The summed E-state index contributed by atoms with van der Waals surface area (Å²) in [7, 11) is 1.67. The van der Waals surface area contributed by atoms with E-state index in [2.05, 4.69) is 13.0 Å². The lowest BCUT2D eigenvalue weighted by atomic mass is 9.91. The molecule has 0 amide bonds. The molecule has 1 aliphatic heterocycles. The molecule has 2 aromatic carbocycles. The number of benzene rings is 2. The average Bonchev–Trinajstić information content (AvgIpc) is 2.90. The van der Waals surface area contributed by atoms with E-state index in [1.807, 2.05) is 36.4 Å². The topological polar surface area (TPSA) is 18.5 Å². The molecule has 0 radical (unpaired) electrons. The largest absolute Gasteiger partial charge is 0.497 e. The molecule has 2 nitrogen and oxygen atoms in total. The number of alkyl halides is 1. The van der Waals surface area contributed by atoms with Crippen LogP contribution < -0.4 is 9.47 Å². The van der Waals surface area contributed by atoms with Gasteiger partial charge >= 0.3 is 0 Å². The fraction of sp³-hybridized carbons (Fsp3) is 0.294. The SMILES string of the molecule is COc1ccc(C(Cl)C2COc3ccccc32)c(C)c1. The maximum atomic E-state index is 6.72. The Morgan fingerprint density at radius 1 is 1.25 bits per heavy atom. The Kier molecular flexibility index (Phi) is 3.58. The molecule has 0 aliphatic carbocycles. The summed E-state index contributed by atoms with van der Waals surface area (Å²) in [6.07, 6.45) is 0. The molecule has 0 N–H and O–H groups in total. The van der Waals surface area contributed by atoms with Gasteiger partial charge in [0.25, 0.3) is 0 Å². The van der Waals surface area contributed by atoms with Gasteiger partial charge in [-0.15, -0.1) is 11.6 Å². The van der Waals surface area contributed by atoms with Gasteiger partial charge in [-0.3, -0.25) is 0 Å². The van der Waals surface area contributed by atoms with Gasteiger partial charge in [-0.05, 0) is 36.2 Å². The highest BCUT2D eigenvalue weighted by Crippen LogP contribution is 2.45. The summed E-state index contributed by atoms with van der Waals surface area (Å²) < 4.78 is 11.0. The van der Waals surface area contributed by atoms with E-state index in [-0.39, 0.29) is 11.3 Å². The minimum Gasteiger partial charge on any atom is -0.497 e. The lowest BCUT2D eigenvalue weighted by Gasteiger charge is -2.19. The Balaban J connectivity index is 1.92. The van der Waals surface area contributed by atoms with Crippen LogP contribution >= 0.6 is 11.6 Å². The van der Waals surface area contributed by atoms with Crippen molar-refractivity contribution >= 4 is 11.6 Å². The van der Waals surface area contributed by atoms with Crippen molar-refractivity contribution in [2.24, 2.45) is 0 Å². The maximum absolute atomic E-state index is 6.72. The molecule has 0 aromatic heterocycles. The highest BCUT2D eigenvalue weighted by molar-refractivity contribution is 6.21. The van der Waals surface area contributed by atoms with Crippen LogP contribution in [0.3, 0.4) is 0 Å². The molecule has 0 fully saturated rings. The van der Waals surface area contributed by atoms with Crippen molar-refractivity contribution < 1.29 is 9.47 Å². The molecule has 0 bridgehead atoms. The second-order valence-electron chi connectivity index (χ2n) is 5.08. The Labute approximate surface area is 124 Å². The summed E-state index contributed by atoms with van der Waals surface area (Å²) >= 11 is 6.72. The molecule has 20 heavy (non-hydrogen) atoms. The maximum Gasteiger partial charge on any atom is 0.122 e.